The molecule has 5 nitrogen and oxygen atoms in total. The third-order valence-electron chi connectivity index (χ3n) is 5.18. The summed E-state index contributed by atoms with van der Waals surface area (Å²) in [6.07, 6.45) is 0.939. The minimum Gasteiger partial charge on any atom is -0.351 e. The van der Waals surface area contributed by atoms with E-state index in [9.17, 15) is 4.79 Å². The standard InChI is InChI=1S/C22H21ClN4O/c23-19-6-7-20-18(12-19)13-21(25-20)22(28)27-9-1-8-26(10-11-27)15-17-4-2-16(14-24)3-5-17/h2-7,12-13,25H,1,8-11,15H2. The highest BCUT2D eigenvalue weighted by Gasteiger charge is 2.21. The van der Waals surface area contributed by atoms with E-state index < -0.39 is 0 Å². The normalized spacial score (nSPS) is 15.4. The maximum Gasteiger partial charge on any atom is 0.270 e. The van der Waals surface area contributed by atoms with Crippen LogP contribution >= 0.6 is 11.6 Å². The molecule has 4 rings (SSSR count). The second-order valence-electron chi connectivity index (χ2n) is 7.15. The van der Waals surface area contributed by atoms with Gasteiger partial charge in [-0.3, -0.25) is 9.69 Å². The second kappa shape index (κ2) is 8.05. The Labute approximate surface area is 169 Å². The maximum absolute atomic E-state index is 13.0. The summed E-state index contributed by atoms with van der Waals surface area (Å²) in [5.74, 6) is 0.0348. The summed E-state index contributed by atoms with van der Waals surface area (Å²) in [5, 5.41) is 10.5. The van der Waals surface area contributed by atoms with Gasteiger partial charge in [0.15, 0.2) is 0 Å². The lowest BCUT2D eigenvalue weighted by molar-refractivity contribution is 0.0756. The monoisotopic (exact) mass is 392 g/mol. The van der Waals surface area contributed by atoms with Crippen LogP contribution < -0.4 is 0 Å². The van der Waals surface area contributed by atoms with E-state index in [-0.39, 0.29) is 5.91 Å². The molecule has 0 atom stereocenters. The summed E-state index contributed by atoms with van der Waals surface area (Å²) in [6, 6.07) is 17.3. The Hall–Kier alpha value is -2.81. The highest BCUT2D eigenvalue weighted by Crippen LogP contribution is 2.21. The van der Waals surface area contributed by atoms with Crippen molar-refractivity contribution in [1.82, 2.24) is 14.8 Å². The van der Waals surface area contributed by atoms with Gasteiger partial charge < -0.3 is 9.88 Å². The molecule has 3 aromatic rings. The molecule has 2 aromatic carbocycles. The summed E-state index contributed by atoms with van der Waals surface area (Å²) in [6.45, 7) is 4.06. The van der Waals surface area contributed by atoms with Crippen LogP contribution in [0.15, 0.2) is 48.5 Å². The molecule has 1 aliphatic rings. The van der Waals surface area contributed by atoms with Crippen LogP contribution in [0, 0.1) is 11.3 Å². The SMILES string of the molecule is N#Cc1ccc(CN2CCCN(C(=O)c3cc4cc(Cl)ccc4[nH]3)CC2)cc1. The molecule has 2 heterocycles. The molecule has 0 spiro atoms. The number of carbonyl (C=O) groups excluding carboxylic acids is 1. The van der Waals surface area contributed by atoms with Gasteiger partial charge in [0, 0.05) is 48.6 Å². The van der Waals surface area contributed by atoms with Crippen molar-refractivity contribution in [3.63, 3.8) is 0 Å². The van der Waals surface area contributed by atoms with E-state index in [4.69, 9.17) is 16.9 Å². The number of rotatable bonds is 3. The predicted octanol–water partition coefficient (Wildman–Crippen LogP) is 4.04. The Balaban J connectivity index is 1.41. The highest BCUT2D eigenvalue weighted by molar-refractivity contribution is 6.31. The molecule has 6 heteroatoms. The lowest BCUT2D eigenvalue weighted by Crippen LogP contribution is -2.35. The maximum atomic E-state index is 13.0. The van der Waals surface area contributed by atoms with Gasteiger partial charge in [-0.1, -0.05) is 23.7 Å². The van der Waals surface area contributed by atoms with Crippen LogP contribution in [0.25, 0.3) is 10.9 Å². The van der Waals surface area contributed by atoms with Gasteiger partial charge in [0.1, 0.15) is 5.69 Å². The van der Waals surface area contributed by atoms with Crippen molar-refractivity contribution in [3.05, 3.63) is 70.4 Å². The van der Waals surface area contributed by atoms with Crippen molar-refractivity contribution in [3.8, 4) is 6.07 Å². The quantitative estimate of drug-likeness (QED) is 0.731. The number of amides is 1. The molecule has 1 fully saturated rings. The van der Waals surface area contributed by atoms with Crippen molar-refractivity contribution in [1.29, 1.82) is 5.26 Å². The molecule has 1 amide bonds. The van der Waals surface area contributed by atoms with Crippen LogP contribution in [0.2, 0.25) is 5.02 Å². The largest absolute Gasteiger partial charge is 0.351 e. The van der Waals surface area contributed by atoms with Gasteiger partial charge in [0.2, 0.25) is 0 Å². The number of nitrogens with one attached hydrogen (secondary N) is 1. The van der Waals surface area contributed by atoms with Crippen LogP contribution in [-0.4, -0.2) is 46.9 Å². The van der Waals surface area contributed by atoms with Crippen LogP contribution in [0.5, 0.6) is 0 Å². The summed E-state index contributed by atoms with van der Waals surface area (Å²) in [7, 11) is 0. The van der Waals surface area contributed by atoms with E-state index in [1.165, 1.54) is 5.56 Å². The topological polar surface area (TPSA) is 63.1 Å². The highest BCUT2D eigenvalue weighted by atomic mass is 35.5. The van der Waals surface area contributed by atoms with E-state index in [1.54, 1.807) is 0 Å². The molecular formula is C22H21ClN4O. The van der Waals surface area contributed by atoms with E-state index >= 15 is 0 Å². The molecular weight excluding hydrogens is 372 g/mol. The van der Waals surface area contributed by atoms with Crippen molar-refractivity contribution in [2.24, 2.45) is 0 Å². The van der Waals surface area contributed by atoms with Crippen molar-refractivity contribution >= 4 is 28.4 Å². The fourth-order valence-corrected chi connectivity index (χ4v) is 3.84. The number of aromatic nitrogens is 1. The average Bonchev–Trinajstić information content (AvgIpc) is 2.99. The predicted molar refractivity (Wildman–Crippen MR) is 110 cm³/mol. The summed E-state index contributed by atoms with van der Waals surface area (Å²) < 4.78 is 0. The molecule has 1 aliphatic heterocycles. The third kappa shape index (κ3) is 4.04. The molecule has 1 aromatic heterocycles. The number of hydrogen-bond acceptors (Lipinski definition) is 3. The van der Waals surface area contributed by atoms with Gasteiger partial charge in [-0.25, -0.2) is 0 Å². The Morgan fingerprint density at radius 2 is 1.89 bits per heavy atom. The Kier molecular flexibility index (Phi) is 5.34. The minimum atomic E-state index is 0.0348. The first kappa shape index (κ1) is 18.5. The number of fused-ring (bicyclic) bond motifs is 1. The van der Waals surface area contributed by atoms with Gasteiger partial charge in [-0.05, 0) is 48.4 Å². The first-order valence-corrected chi connectivity index (χ1v) is 9.79. The van der Waals surface area contributed by atoms with Crippen molar-refractivity contribution in [2.45, 2.75) is 13.0 Å². The molecule has 28 heavy (non-hydrogen) atoms. The lowest BCUT2D eigenvalue weighted by Gasteiger charge is -2.21. The zero-order valence-electron chi connectivity index (χ0n) is 15.5. The summed E-state index contributed by atoms with van der Waals surface area (Å²) in [5.41, 5.74) is 3.39. The molecule has 0 radical (unpaired) electrons. The Bertz CT molecular complexity index is 1030. The average molecular weight is 393 g/mol. The van der Waals surface area contributed by atoms with Crippen LogP contribution in [-0.2, 0) is 6.54 Å². The van der Waals surface area contributed by atoms with E-state index in [0.717, 1.165) is 43.5 Å². The van der Waals surface area contributed by atoms with Crippen molar-refractivity contribution in [2.75, 3.05) is 26.2 Å². The van der Waals surface area contributed by atoms with E-state index in [0.29, 0.717) is 22.8 Å². The third-order valence-corrected chi connectivity index (χ3v) is 5.41. The summed E-state index contributed by atoms with van der Waals surface area (Å²) in [4.78, 5) is 20.4. The van der Waals surface area contributed by atoms with Gasteiger partial charge in [-0.15, -0.1) is 0 Å². The number of carbonyl (C=O) groups is 1. The minimum absolute atomic E-state index is 0.0348. The number of benzene rings is 2. The fourth-order valence-electron chi connectivity index (χ4n) is 3.66. The number of halogens is 1. The van der Waals surface area contributed by atoms with Crippen molar-refractivity contribution < 1.29 is 4.79 Å². The number of hydrogen-bond donors (Lipinski definition) is 1. The molecule has 0 saturated carbocycles. The second-order valence-corrected chi connectivity index (χ2v) is 7.58. The molecule has 0 aliphatic carbocycles. The molecule has 1 N–H and O–H groups in total. The fraction of sp³-hybridized carbons (Fsp3) is 0.273. The first-order chi connectivity index (χ1) is 13.6. The first-order valence-electron chi connectivity index (χ1n) is 9.41. The zero-order chi connectivity index (χ0) is 19.5. The Morgan fingerprint density at radius 1 is 1.07 bits per heavy atom. The molecule has 0 unspecified atom stereocenters. The van der Waals surface area contributed by atoms with Gasteiger partial charge >= 0.3 is 0 Å². The number of aromatic amines is 1. The van der Waals surface area contributed by atoms with Crippen LogP contribution in [0.3, 0.4) is 0 Å². The van der Waals surface area contributed by atoms with Gasteiger partial charge in [0.25, 0.3) is 5.91 Å². The van der Waals surface area contributed by atoms with E-state index in [1.807, 2.05) is 53.4 Å². The molecule has 1 saturated heterocycles. The zero-order valence-corrected chi connectivity index (χ0v) is 16.2. The smallest absolute Gasteiger partial charge is 0.270 e. The lowest BCUT2D eigenvalue weighted by atomic mass is 10.1. The van der Waals surface area contributed by atoms with Crippen LogP contribution in [0.4, 0.5) is 0 Å². The molecule has 142 valence electrons. The Morgan fingerprint density at radius 3 is 2.68 bits per heavy atom. The number of nitrogens with zero attached hydrogens (tertiary/aromatic N) is 3. The number of nitriles is 1. The van der Waals surface area contributed by atoms with Gasteiger partial charge in [0.05, 0.1) is 11.6 Å². The van der Waals surface area contributed by atoms with Crippen LogP contribution in [0.1, 0.15) is 28.0 Å². The van der Waals surface area contributed by atoms with E-state index in [2.05, 4.69) is 16.0 Å². The number of H-pyrrole nitrogens is 1. The molecule has 0 bridgehead atoms. The summed E-state index contributed by atoms with van der Waals surface area (Å²) >= 11 is 6.05. The van der Waals surface area contributed by atoms with Gasteiger partial charge in [-0.2, -0.15) is 5.26 Å².